The Bertz CT molecular complexity index is 623. The molecule has 0 aliphatic carbocycles. The van der Waals surface area contributed by atoms with E-state index in [0.29, 0.717) is 12.4 Å². The highest BCUT2D eigenvalue weighted by atomic mass is 35.5. The van der Waals surface area contributed by atoms with E-state index in [1.54, 1.807) is 0 Å². The maximum Gasteiger partial charge on any atom is 0.119 e. The molecule has 0 bridgehead atoms. The van der Waals surface area contributed by atoms with E-state index in [1.807, 2.05) is 43.3 Å². The molecule has 0 saturated carbocycles. The van der Waals surface area contributed by atoms with Gasteiger partial charge in [-0.25, -0.2) is 0 Å². The summed E-state index contributed by atoms with van der Waals surface area (Å²) < 4.78 is 11.2. The molecule has 2 aromatic rings. The molecule has 27 heavy (non-hydrogen) atoms. The van der Waals surface area contributed by atoms with Crippen molar-refractivity contribution in [2.75, 3.05) is 19.8 Å². The van der Waals surface area contributed by atoms with E-state index in [1.165, 1.54) is 5.56 Å². The van der Waals surface area contributed by atoms with Gasteiger partial charge in [-0.2, -0.15) is 0 Å². The van der Waals surface area contributed by atoms with E-state index >= 15 is 0 Å². The van der Waals surface area contributed by atoms with Crippen LogP contribution in [0.2, 0.25) is 0 Å². The topological polar surface area (TPSA) is 58.9 Å². The van der Waals surface area contributed by atoms with Crippen LogP contribution in [0.3, 0.4) is 0 Å². The molecule has 0 spiro atoms. The minimum absolute atomic E-state index is 0.0281. The van der Waals surface area contributed by atoms with Crippen LogP contribution in [0.5, 0.6) is 11.5 Å². The molecular formula is C22H29ClO4. The quantitative estimate of drug-likeness (QED) is 0.596. The van der Waals surface area contributed by atoms with Crippen molar-refractivity contribution in [1.82, 2.24) is 0 Å². The van der Waals surface area contributed by atoms with Gasteiger partial charge >= 0.3 is 0 Å². The van der Waals surface area contributed by atoms with Gasteiger partial charge in [-0.15, -0.1) is 11.6 Å². The highest BCUT2D eigenvalue weighted by Crippen LogP contribution is 2.33. The van der Waals surface area contributed by atoms with Crippen LogP contribution in [0.1, 0.15) is 38.3 Å². The van der Waals surface area contributed by atoms with E-state index in [9.17, 15) is 5.11 Å². The largest absolute Gasteiger partial charge is 0.492 e. The number of benzene rings is 2. The molecule has 0 aliphatic rings. The molecule has 0 aromatic heterocycles. The number of alkyl halides is 1. The van der Waals surface area contributed by atoms with Crippen LogP contribution in [0.15, 0.2) is 48.5 Å². The maximum atomic E-state index is 9.36. The maximum absolute atomic E-state index is 9.36. The summed E-state index contributed by atoms with van der Waals surface area (Å²) in [6.07, 6.45) is 0.0129. The summed E-state index contributed by atoms with van der Waals surface area (Å²) in [6.45, 7) is 6.64. The molecule has 4 nitrogen and oxygen atoms in total. The normalized spacial score (nSPS) is 13.9. The SMILES string of the molecule is CC[C@H](Cl)COc1ccc(C(C)(C)c2ccc(OC[C@@H](O)CO)cc2)cc1. The van der Waals surface area contributed by atoms with Crippen molar-refractivity contribution in [3.63, 3.8) is 0 Å². The molecule has 148 valence electrons. The first-order chi connectivity index (χ1) is 12.9. The molecule has 0 aliphatic heterocycles. The lowest BCUT2D eigenvalue weighted by Gasteiger charge is -2.26. The minimum Gasteiger partial charge on any atom is -0.492 e. The van der Waals surface area contributed by atoms with Gasteiger partial charge < -0.3 is 19.7 Å². The van der Waals surface area contributed by atoms with Gasteiger partial charge in [0.25, 0.3) is 0 Å². The third kappa shape index (κ3) is 6.13. The predicted molar refractivity (Wildman–Crippen MR) is 109 cm³/mol. The van der Waals surface area contributed by atoms with Crippen molar-refractivity contribution in [2.24, 2.45) is 0 Å². The van der Waals surface area contributed by atoms with Crippen LogP contribution < -0.4 is 9.47 Å². The highest BCUT2D eigenvalue weighted by Gasteiger charge is 2.23. The van der Waals surface area contributed by atoms with Crippen LogP contribution in [-0.2, 0) is 5.41 Å². The van der Waals surface area contributed by atoms with Crippen molar-refractivity contribution < 1.29 is 19.7 Å². The molecule has 2 rings (SSSR count). The van der Waals surface area contributed by atoms with Crippen molar-refractivity contribution >= 4 is 11.6 Å². The number of ether oxygens (including phenoxy) is 2. The van der Waals surface area contributed by atoms with Gasteiger partial charge in [0, 0.05) is 5.41 Å². The molecule has 2 aromatic carbocycles. The Hall–Kier alpha value is -1.75. The summed E-state index contributed by atoms with van der Waals surface area (Å²) in [5.41, 5.74) is 2.15. The fourth-order valence-electron chi connectivity index (χ4n) is 2.65. The molecule has 0 heterocycles. The van der Waals surface area contributed by atoms with Gasteiger partial charge in [0.2, 0.25) is 0 Å². The molecule has 0 saturated heterocycles. The second-order valence-electron chi connectivity index (χ2n) is 7.14. The smallest absolute Gasteiger partial charge is 0.119 e. The van der Waals surface area contributed by atoms with Crippen molar-refractivity contribution in [3.05, 3.63) is 59.7 Å². The van der Waals surface area contributed by atoms with Gasteiger partial charge in [-0.05, 0) is 41.8 Å². The molecule has 2 atom stereocenters. The Balaban J connectivity index is 2.04. The summed E-state index contributed by atoms with van der Waals surface area (Å²) in [5.74, 6) is 1.48. The summed E-state index contributed by atoms with van der Waals surface area (Å²) in [4.78, 5) is 0. The van der Waals surface area contributed by atoms with E-state index in [0.717, 1.165) is 17.7 Å². The zero-order valence-electron chi connectivity index (χ0n) is 16.2. The molecule has 5 heteroatoms. The zero-order valence-corrected chi connectivity index (χ0v) is 16.9. The number of rotatable bonds is 10. The van der Waals surface area contributed by atoms with Crippen LogP contribution in [-0.4, -0.2) is 41.5 Å². The average molecular weight is 393 g/mol. The third-order valence-electron chi connectivity index (χ3n) is 4.68. The molecule has 0 radical (unpaired) electrons. The Morgan fingerprint density at radius 1 is 0.889 bits per heavy atom. The summed E-state index contributed by atoms with van der Waals surface area (Å²) in [6, 6.07) is 15.9. The van der Waals surface area contributed by atoms with E-state index in [-0.39, 0.29) is 24.0 Å². The lowest BCUT2D eigenvalue weighted by molar-refractivity contribution is 0.0536. The summed E-state index contributed by atoms with van der Waals surface area (Å²) >= 11 is 6.10. The lowest BCUT2D eigenvalue weighted by atomic mass is 9.78. The predicted octanol–water partition coefficient (Wildman–Crippen LogP) is 4.14. The van der Waals surface area contributed by atoms with Crippen molar-refractivity contribution in [3.8, 4) is 11.5 Å². The van der Waals surface area contributed by atoms with Gasteiger partial charge in [-0.1, -0.05) is 45.0 Å². The number of aliphatic hydroxyl groups excluding tert-OH is 2. The Morgan fingerprint density at radius 2 is 1.33 bits per heavy atom. The van der Waals surface area contributed by atoms with E-state index in [2.05, 4.69) is 26.0 Å². The first-order valence-corrected chi connectivity index (χ1v) is 9.70. The van der Waals surface area contributed by atoms with Gasteiger partial charge in [0.1, 0.15) is 30.8 Å². The second kappa shape index (κ2) is 9.98. The van der Waals surface area contributed by atoms with Crippen LogP contribution in [0.25, 0.3) is 0 Å². The highest BCUT2D eigenvalue weighted by molar-refractivity contribution is 6.20. The average Bonchev–Trinajstić information content (AvgIpc) is 2.70. The van der Waals surface area contributed by atoms with E-state index < -0.39 is 6.10 Å². The third-order valence-corrected chi connectivity index (χ3v) is 5.11. The Kier molecular flexibility index (Phi) is 7.96. The first kappa shape index (κ1) is 21.5. The van der Waals surface area contributed by atoms with Crippen LogP contribution >= 0.6 is 11.6 Å². The van der Waals surface area contributed by atoms with E-state index in [4.69, 9.17) is 26.2 Å². The second-order valence-corrected chi connectivity index (χ2v) is 7.75. The van der Waals surface area contributed by atoms with Crippen molar-refractivity contribution in [2.45, 2.75) is 44.1 Å². The van der Waals surface area contributed by atoms with Gasteiger partial charge in [0.05, 0.1) is 12.0 Å². The number of halogens is 1. The molecule has 0 amide bonds. The Labute approximate surface area is 166 Å². The summed E-state index contributed by atoms with van der Waals surface area (Å²) in [5, 5.41) is 18.2. The monoisotopic (exact) mass is 392 g/mol. The number of hydrogen-bond donors (Lipinski definition) is 2. The minimum atomic E-state index is -0.867. The molecular weight excluding hydrogens is 364 g/mol. The van der Waals surface area contributed by atoms with Gasteiger partial charge in [-0.3, -0.25) is 0 Å². The fraction of sp³-hybridized carbons (Fsp3) is 0.455. The standard InChI is InChI=1S/C22H29ClO4/c1-4-18(23)14-26-20-9-5-16(6-10-20)22(2,3)17-7-11-21(12-8-17)27-15-19(25)13-24/h5-12,18-19,24-25H,4,13-15H2,1-3H3/t18-,19-/m0/s1. The van der Waals surface area contributed by atoms with Crippen LogP contribution in [0.4, 0.5) is 0 Å². The first-order valence-electron chi connectivity index (χ1n) is 9.26. The number of hydrogen-bond acceptors (Lipinski definition) is 4. The Morgan fingerprint density at radius 3 is 1.74 bits per heavy atom. The lowest BCUT2D eigenvalue weighted by Crippen LogP contribution is -2.21. The van der Waals surface area contributed by atoms with Gasteiger partial charge in [0.15, 0.2) is 0 Å². The van der Waals surface area contributed by atoms with Crippen molar-refractivity contribution in [1.29, 1.82) is 0 Å². The van der Waals surface area contributed by atoms with Crippen LogP contribution in [0, 0.1) is 0 Å². The number of aliphatic hydroxyl groups is 2. The summed E-state index contributed by atoms with van der Waals surface area (Å²) in [7, 11) is 0. The molecule has 2 N–H and O–H groups in total. The molecule has 0 unspecified atom stereocenters. The molecule has 0 fully saturated rings. The zero-order chi connectivity index (χ0) is 19.9. The fourth-order valence-corrected chi connectivity index (χ4v) is 2.71.